The first kappa shape index (κ1) is 126. The van der Waals surface area contributed by atoms with Crippen LogP contribution in [-0.4, -0.2) is 154 Å². The first-order chi connectivity index (χ1) is 68.3. The van der Waals surface area contributed by atoms with Crippen molar-refractivity contribution in [1.82, 2.24) is 10.6 Å². The Morgan fingerprint density at radius 2 is 0.628 bits per heavy atom. The Labute approximate surface area is 855 Å². The number of aliphatic carboxylic acids is 2. The zero-order valence-corrected chi connectivity index (χ0v) is 89.2. The summed E-state index contributed by atoms with van der Waals surface area (Å²) in [5.74, 6) is 0.0129. The van der Waals surface area contributed by atoms with Gasteiger partial charge in [0.2, 0.25) is 5.91 Å². The Bertz CT molecular complexity index is 5400. The van der Waals surface area contributed by atoms with Crippen LogP contribution in [0.15, 0.2) is 226 Å². The number of aryl methyl sites for hydroxylation is 1. The number of nitrogens with one attached hydrogen (secondary N) is 2. The van der Waals surface area contributed by atoms with E-state index in [1.54, 1.807) is 199 Å². The number of rotatable bonds is 44. The van der Waals surface area contributed by atoms with Crippen LogP contribution in [0, 0.1) is 6.92 Å². The number of aromatic hydroxyl groups is 2. The van der Waals surface area contributed by atoms with Crippen LogP contribution in [0.25, 0.3) is 0 Å². The van der Waals surface area contributed by atoms with Gasteiger partial charge in [-0.15, -0.1) is 13.2 Å². The number of carboxylic acids is 2. The lowest BCUT2D eigenvalue weighted by Gasteiger charge is -2.26. The molecule has 0 unspecified atom stereocenters. The van der Waals surface area contributed by atoms with Crippen molar-refractivity contribution in [3.05, 3.63) is 281 Å². The number of esters is 5. The Kier molecular flexibility index (Phi) is 55.1. The SMILES string of the molecule is C=CCc1cc(O)ccc1OC(C)(C)C(=O)OCC.C=CCc1cc(OCc2ccccc2)ccc1OC(C)(C)C(=O)OCC.CC.CC.CCOC(=O)C(C)(C)Oc1ccc(O)cc1CNC(=O)OC(C)(C)C.CCOC(=O)C(C)(C)Oc1ccc(OCc2ccccc2)cc1CC(=O)O.CCOC(=O)C(C)(C)Oc1ccc(OCc2ccccc2)cc1CC(N)=O.CNCc1cc(C)ccc1OC(C)(C)C(=O)O. The van der Waals surface area contributed by atoms with Crippen molar-refractivity contribution in [3.63, 3.8) is 0 Å². The summed E-state index contributed by atoms with van der Waals surface area (Å²) in [5, 5.41) is 43.0. The van der Waals surface area contributed by atoms with Crippen molar-refractivity contribution in [1.29, 1.82) is 0 Å². The van der Waals surface area contributed by atoms with Crippen LogP contribution in [0.3, 0.4) is 0 Å². The van der Waals surface area contributed by atoms with Gasteiger partial charge < -0.3 is 108 Å². The zero-order valence-electron chi connectivity index (χ0n) is 89.2. The van der Waals surface area contributed by atoms with Crippen LogP contribution in [-0.2, 0) is 125 Å². The molecule has 0 saturated carbocycles. The van der Waals surface area contributed by atoms with Gasteiger partial charge in [-0.2, -0.15) is 0 Å². The van der Waals surface area contributed by atoms with Gasteiger partial charge in [-0.3, -0.25) is 9.59 Å². The van der Waals surface area contributed by atoms with E-state index in [0.29, 0.717) is 115 Å². The average molecular weight is 2010 g/mol. The van der Waals surface area contributed by atoms with Crippen LogP contribution < -0.4 is 59.0 Å². The van der Waals surface area contributed by atoms with Crippen molar-refractivity contribution in [3.8, 4) is 63.2 Å². The van der Waals surface area contributed by atoms with Gasteiger partial charge in [0, 0.05) is 46.5 Å². The highest BCUT2D eigenvalue weighted by molar-refractivity contribution is 5.83. The summed E-state index contributed by atoms with van der Waals surface area (Å²) in [7, 11) is 1.84. The number of phenols is 2. The first-order valence-electron chi connectivity index (χ1n) is 48.0. The molecule has 0 aliphatic carbocycles. The van der Waals surface area contributed by atoms with Crippen LogP contribution in [0.4, 0.5) is 4.79 Å². The summed E-state index contributed by atoms with van der Waals surface area (Å²) in [4.78, 5) is 105. The van der Waals surface area contributed by atoms with Gasteiger partial charge in [-0.1, -0.05) is 149 Å². The molecule has 0 saturated heterocycles. The van der Waals surface area contributed by atoms with Crippen LogP contribution in [0.2, 0.25) is 0 Å². The Hall–Kier alpha value is -14.8. The molecule has 31 nitrogen and oxygen atoms in total. The fourth-order valence-electron chi connectivity index (χ4n) is 12.2. The molecule has 9 rings (SSSR count). The minimum absolute atomic E-state index is 0.0160. The lowest BCUT2D eigenvalue weighted by atomic mass is 10.1. The molecule has 9 aromatic carbocycles. The largest absolute Gasteiger partial charge is 0.508 e. The van der Waals surface area contributed by atoms with Gasteiger partial charge in [0.1, 0.15) is 88.7 Å². The molecular formula is C114H153N3O28. The number of ether oxygens (including phenoxy) is 15. The molecule has 0 spiro atoms. The van der Waals surface area contributed by atoms with Gasteiger partial charge >= 0.3 is 47.9 Å². The van der Waals surface area contributed by atoms with E-state index in [1.807, 2.05) is 169 Å². The summed E-state index contributed by atoms with van der Waals surface area (Å²) >= 11 is 0. The van der Waals surface area contributed by atoms with Gasteiger partial charge in [-0.25, -0.2) is 33.6 Å². The topological polar surface area (TPSA) is 423 Å². The van der Waals surface area contributed by atoms with E-state index in [2.05, 4.69) is 23.8 Å². The number of hydrogen-bond acceptors (Lipinski definition) is 27. The molecule has 8 N–H and O–H groups in total. The number of carbonyl (C=O) groups excluding carboxylic acids is 7. The maximum atomic E-state index is 12.1. The molecule has 0 radical (unpaired) electrons. The monoisotopic (exact) mass is 2010 g/mol. The third kappa shape index (κ3) is 47.3. The molecule has 0 bridgehead atoms. The summed E-state index contributed by atoms with van der Waals surface area (Å²) in [6.07, 6.45) is 3.78. The third-order valence-corrected chi connectivity index (χ3v) is 19.3. The summed E-state index contributed by atoms with van der Waals surface area (Å²) < 4.78 is 82.2. The number of amides is 2. The number of hydrogen-bond donors (Lipinski definition) is 7. The van der Waals surface area contributed by atoms with Gasteiger partial charge in [0.15, 0.2) is 33.6 Å². The predicted octanol–water partition coefficient (Wildman–Crippen LogP) is 21.3. The van der Waals surface area contributed by atoms with E-state index in [-0.39, 0.29) is 50.7 Å². The quantitative estimate of drug-likeness (QED) is 0.0106. The molecular weight excluding hydrogens is 1860 g/mol. The van der Waals surface area contributed by atoms with E-state index in [0.717, 1.165) is 44.7 Å². The lowest BCUT2D eigenvalue weighted by molar-refractivity contribution is -0.159. The Balaban J connectivity index is 0.000000588. The molecule has 145 heavy (non-hydrogen) atoms. The maximum absolute atomic E-state index is 12.1. The number of phenolic OH excluding ortho intramolecular Hbond substituents is 2. The standard InChI is InChI=1S/C22H26O4.C21H25NO5.C21H24O6.C18H27NO6.C15H20O4.C13H19NO3.2C2H6/c1-5-10-18-15-19(25-16-17-11-8-7-9-12-17)13-14-20(18)26-22(3,4)21(23)24-6-2;2*1-4-25-20(24)21(2,3)27-18-11-10-17(12-16(18)13-19(22)23)26-14-15-8-6-5-7-9-15;1-7-23-15(21)18(5,6)24-14-9-8-13(20)10-12(14)11-19-16(22)25-17(2,3)4;1-5-7-11-10-12(16)8-9-13(11)19-15(3,4)14(17)18-6-2;1-9-5-6-11(10(7-9)8-14-4)17-13(2,3)12(15)16;2*1-2/h5,7-9,11-15H,1,6,10,16H2,2-4H3;5-12H,4,13-14H2,1-3H3,(H2,22,23);5-12H,4,13-14H2,1-3H3,(H,22,23);8-10,20H,7,11H2,1-6H3,(H,19,22);5,8-10,16H,1,6-7H2,2-4H3;5-7,14H,8H2,1-4H3,(H,15,16);2*1-2H3. The van der Waals surface area contributed by atoms with Crippen LogP contribution in [0.1, 0.15) is 222 Å². The molecule has 0 atom stereocenters. The molecule has 0 fully saturated rings. The molecule has 2 amide bonds. The molecule has 792 valence electrons. The minimum atomic E-state index is -1.24. The Morgan fingerprint density at radius 3 is 0.924 bits per heavy atom. The number of carboxylic acid groups (broad SMARTS) is 2. The normalized spacial score (nSPS) is 10.9. The number of carbonyl (C=O) groups is 9. The summed E-state index contributed by atoms with van der Waals surface area (Å²) in [6, 6.07) is 59.8. The highest BCUT2D eigenvalue weighted by Gasteiger charge is 2.38. The fourth-order valence-corrected chi connectivity index (χ4v) is 12.2. The van der Waals surface area contributed by atoms with Gasteiger partial charge in [-0.05, 0) is 279 Å². The number of nitrogens with two attached hydrogens (primary N) is 1. The molecule has 0 aliphatic rings. The number of alkyl carbamates (subject to hydrolysis) is 1. The second kappa shape index (κ2) is 63.3. The summed E-state index contributed by atoms with van der Waals surface area (Å²) in [5.41, 5.74) is 6.06. The fraction of sp³-hybridized carbons (Fsp3) is 0.412. The number of benzene rings is 9. The third-order valence-electron chi connectivity index (χ3n) is 19.3. The molecule has 31 heteroatoms. The highest BCUT2D eigenvalue weighted by Crippen LogP contribution is 2.36. The maximum Gasteiger partial charge on any atom is 0.407 e. The van der Waals surface area contributed by atoms with Crippen LogP contribution in [0.5, 0.6) is 63.2 Å². The number of primary amides is 1. The molecule has 0 aromatic heterocycles. The van der Waals surface area contributed by atoms with Gasteiger partial charge in [0.25, 0.3) is 0 Å². The van der Waals surface area contributed by atoms with E-state index in [9.17, 15) is 58.5 Å². The van der Waals surface area contributed by atoms with Crippen LogP contribution >= 0.6 is 0 Å². The smallest absolute Gasteiger partial charge is 0.407 e. The van der Waals surface area contributed by atoms with Crippen molar-refractivity contribution < 1.29 is 135 Å². The van der Waals surface area contributed by atoms with E-state index < -0.39 is 93.0 Å². The van der Waals surface area contributed by atoms with Crippen molar-refractivity contribution in [2.45, 2.75) is 271 Å². The average Bonchev–Trinajstić information content (AvgIpc) is 0.827. The second-order valence-corrected chi connectivity index (χ2v) is 35.5. The molecule has 0 aliphatic heterocycles. The zero-order chi connectivity index (χ0) is 109. The minimum Gasteiger partial charge on any atom is -0.508 e. The van der Waals surface area contributed by atoms with Gasteiger partial charge in [0.05, 0.1) is 45.9 Å². The van der Waals surface area contributed by atoms with E-state index >= 15 is 0 Å². The first-order valence-corrected chi connectivity index (χ1v) is 48.0. The van der Waals surface area contributed by atoms with Crippen molar-refractivity contribution in [2.24, 2.45) is 5.73 Å². The summed E-state index contributed by atoms with van der Waals surface area (Å²) in [6.45, 7) is 54.0. The van der Waals surface area contributed by atoms with Crippen molar-refractivity contribution >= 4 is 53.8 Å². The number of allylic oxidation sites excluding steroid dienone is 2. The molecule has 0 heterocycles. The van der Waals surface area contributed by atoms with Crippen molar-refractivity contribution in [2.75, 3.05) is 40.1 Å². The van der Waals surface area contributed by atoms with E-state index in [4.69, 9.17) is 81.9 Å². The Morgan fingerprint density at radius 1 is 0.352 bits per heavy atom. The predicted molar refractivity (Wildman–Crippen MR) is 559 cm³/mol. The highest BCUT2D eigenvalue weighted by atomic mass is 16.6. The molecule has 9 aromatic rings. The van der Waals surface area contributed by atoms with E-state index in [1.165, 1.54) is 24.3 Å². The second-order valence-electron chi connectivity index (χ2n) is 35.5. The lowest BCUT2D eigenvalue weighted by Crippen LogP contribution is -2.40.